The summed E-state index contributed by atoms with van der Waals surface area (Å²) in [6.45, 7) is 0.0954. The van der Waals surface area contributed by atoms with Crippen LogP contribution in [0, 0.1) is 17.7 Å². The highest BCUT2D eigenvalue weighted by Crippen LogP contribution is 2.11. The zero-order chi connectivity index (χ0) is 15.1. The highest BCUT2D eigenvalue weighted by Gasteiger charge is 2.11. The highest BCUT2D eigenvalue weighted by atomic mass is 32.1. The Morgan fingerprint density at radius 1 is 1.48 bits per heavy atom. The van der Waals surface area contributed by atoms with Gasteiger partial charge in [-0.15, -0.1) is 11.3 Å². The van der Waals surface area contributed by atoms with E-state index >= 15 is 0 Å². The molecule has 1 heterocycles. The summed E-state index contributed by atoms with van der Waals surface area (Å²) in [5.41, 5.74) is 0.548. The number of nitrogens with zero attached hydrogens (tertiary/aromatic N) is 1. The monoisotopic (exact) mass is 304 g/mol. The topological polar surface area (TPSA) is 62.2 Å². The van der Waals surface area contributed by atoms with Crippen LogP contribution in [0.15, 0.2) is 29.8 Å². The van der Waals surface area contributed by atoms with Crippen molar-refractivity contribution in [1.29, 1.82) is 0 Å². The second kappa shape index (κ2) is 7.53. The van der Waals surface area contributed by atoms with Crippen molar-refractivity contribution in [2.45, 2.75) is 6.42 Å². The molecule has 0 radical (unpaired) electrons. The van der Waals surface area contributed by atoms with Gasteiger partial charge in [0.25, 0.3) is 5.91 Å². The normalized spacial score (nSPS) is 9.81. The first-order chi connectivity index (χ1) is 10.2. The molecule has 0 saturated heterocycles. The van der Waals surface area contributed by atoms with E-state index in [4.69, 9.17) is 5.11 Å². The molecule has 0 atom stereocenters. The third-order valence-electron chi connectivity index (χ3n) is 2.64. The fourth-order valence-corrected chi connectivity index (χ4v) is 2.32. The van der Waals surface area contributed by atoms with Gasteiger partial charge in [-0.1, -0.05) is 11.8 Å². The molecule has 108 valence electrons. The third kappa shape index (κ3) is 4.38. The van der Waals surface area contributed by atoms with Crippen LogP contribution in [0.1, 0.15) is 20.9 Å². The lowest BCUT2D eigenvalue weighted by Gasteiger charge is -2.06. The van der Waals surface area contributed by atoms with Crippen LogP contribution in [0.25, 0.3) is 0 Å². The third-order valence-corrected chi connectivity index (χ3v) is 3.48. The fourth-order valence-electron chi connectivity index (χ4n) is 1.70. The van der Waals surface area contributed by atoms with E-state index in [0.717, 1.165) is 11.1 Å². The SMILES string of the molecule is O=C(NCCc1nccs1)c1cc(F)ccc1C#CCO. The number of amides is 1. The van der Waals surface area contributed by atoms with Crippen molar-refractivity contribution in [3.63, 3.8) is 0 Å². The Hall–Kier alpha value is -2.23. The Balaban J connectivity index is 2.05. The average molecular weight is 304 g/mol. The van der Waals surface area contributed by atoms with Gasteiger partial charge in [0, 0.05) is 30.1 Å². The first-order valence-corrected chi connectivity index (χ1v) is 7.14. The van der Waals surface area contributed by atoms with E-state index in [1.54, 1.807) is 6.20 Å². The van der Waals surface area contributed by atoms with Gasteiger partial charge in [0.2, 0.25) is 0 Å². The Bertz CT molecular complexity index is 675. The lowest BCUT2D eigenvalue weighted by molar-refractivity contribution is 0.0953. The molecular formula is C15H13FN2O2S. The van der Waals surface area contributed by atoms with Gasteiger partial charge in [0.05, 0.1) is 10.6 Å². The van der Waals surface area contributed by atoms with Crippen LogP contribution in [0.5, 0.6) is 0 Å². The van der Waals surface area contributed by atoms with E-state index < -0.39 is 11.7 Å². The smallest absolute Gasteiger partial charge is 0.252 e. The summed E-state index contributed by atoms with van der Waals surface area (Å²) in [5, 5.41) is 14.2. The quantitative estimate of drug-likeness (QED) is 0.843. The summed E-state index contributed by atoms with van der Waals surface area (Å²) in [6, 6.07) is 3.79. The van der Waals surface area contributed by atoms with Crippen molar-refractivity contribution < 1.29 is 14.3 Å². The lowest BCUT2D eigenvalue weighted by Crippen LogP contribution is -2.26. The molecular weight excluding hydrogens is 291 g/mol. The zero-order valence-electron chi connectivity index (χ0n) is 11.1. The van der Waals surface area contributed by atoms with Gasteiger partial charge in [-0.2, -0.15) is 0 Å². The molecule has 0 aliphatic carbocycles. The van der Waals surface area contributed by atoms with Gasteiger partial charge in [0.1, 0.15) is 12.4 Å². The van der Waals surface area contributed by atoms with Crippen molar-refractivity contribution in [3.8, 4) is 11.8 Å². The number of aliphatic hydroxyl groups excluding tert-OH is 1. The highest BCUT2D eigenvalue weighted by molar-refractivity contribution is 7.09. The Labute approximate surface area is 125 Å². The largest absolute Gasteiger partial charge is 0.384 e. The van der Waals surface area contributed by atoms with Gasteiger partial charge >= 0.3 is 0 Å². The van der Waals surface area contributed by atoms with Crippen LogP contribution in [0.4, 0.5) is 4.39 Å². The zero-order valence-corrected chi connectivity index (χ0v) is 11.9. The first kappa shape index (κ1) is 15.2. The number of carbonyl (C=O) groups is 1. The molecule has 0 aliphatic rings. The van der Waals surface area contributed by atoms with Crippen molar-refractivity contribution in [2.75, 3.05) is 13.2 Å². The minimum absolute atomic E-state index is 0.162. The number of hydrogen-bond acceptors (Lipinski definition) is 4. The molecule has 0 aliphatic heterocycles. The minimum Gasteiger partial charge on any atom is -0.384 e. The molecule has 1 amide bonds. The second-order valence-corrected chi connectivity index (χ2v) is 5.06. The van der Waals surface area contributed by atoms with Crippen LogP contribution >= 0.6 is 11.3 Å². The number of thiazole rings is 1. The van der Waals surface area contributed by atoms with Crippen LogP contribution in [0.3, 0.4) is 0 Å². The Morgan fingerprint density at radius 2 is 2.33 bits per heavy atom. The van der Waals surface area contributed by atoms with Gasteiger partial charge in [-0.3, -0.25) is 4.79 Å². The molecule has 1 aromatic carbocycles. The number of halogens is 1. The number of carbonyl (C=O) groups excluding carboxylic acids is 1. The molecule has 2 rings (SSSR count). The average Bonchev–Trinajstić information content (AvgIpc) is 2.99. The van der Waals surface area contributed by atoms with E-state index in [-0.39, 0.29) is 12.2 Å². The van der Waals surface area contributed by atoms with Crippen LogP contribution in [-0.2, 0) is 6.42 Å². The molecule has 1 aromatic heterocycles. The number of aromatic nitrogens is 1. The predicted molar refractivity (Wildman–Crippen MR) is 78.5 cm³/mol. The first-order valence-electron chi connectivity index (χ1n) is 6.26. The molecule has 4 nitrogen and oxygen atoms in total. The van der Waals surface area contributed by atoms with Gasteiger partial charge in [0.15, 0.2) is 0 Å². The summed E-state index contributed by atoms with van der Waals surface area (Å²) >= 11 is 1.51. The molecule has 0 bridgehead atoms. The van der Waals surface area contributed by atoms with Gasteiger partial charge in [-0.25, -0.2) is 9.37 Å². The molecule has 2 aromatic rings. The summed E-state index contributed by atoms with van der Waals surface area (Å²) in [7, 11) is 0. The maximum absolute atomic E-state index is 13.3. The summed E-state index contributed by atoms with van der Waals surface area (Å²) in [6.07, 6.45) is 2.33. The molecule has 0 saturated carbocycles. The molecule has 0 spiro atoms. The van der Waals surface area contributed by atoms with E-state index in [1.165, 1.54) is 23.5 Å². The van der Waals surface area contributed by atoms with Crippen molar-refractivity contribution in [2.24, 2.45) is 0 Å². The number of rotatable bonds is 4. The molecule has 2 N–H and O–H groups in total. The number of aliphatic hydroxyl groups is 1. The predicted octanol–water partition coefficient (Wildman–Crippen LogP) is 1.60. The van der Waals surface area contributed by atoms with Crippen LogP contribution < -0.4 is 5.32 Å². The molecule has 0 unspecified atom stereocenters. The van der Waals surface area contributed by atoms with Crippen molar-refractivity contribution in [3.05, 3.63) is 51.7 Å². The number of benzene rings is 1. The van der Waals surface area contributed by atoms with Gasteiger partial charge < -0.3 is 10.4 Å². The summed E-state index contributed by atoms with van der Waals surface area (Å²) in [4.78, 5) is 16.2. The van der Waals surface area contributed by atoms with Crippen molar-refractivity contribution in [1.82, 2.24) is 10.3 Å². The number of nitrogens with one attached hydrogen (secondary N) is 1. The van der Waals surface area contributed by atoms with Gasteiger partial charge in [-0.05, 0) is 18.2 Å². The summed E-state index contributed by atoms with van der Waals surface area (Å²) in [5.74, 6) is 4.19. The molecule has 6 heteroatoms. The Kier molecular flexibility index (Phi) is 5.43. The fraction of sp³-hybridized carbons (Fsp3) is 0.200. The van der Waals surface area contributed by atoms with E-state index in [1.807, 2.05) is 5.38 Å². The summed E-state index contributed by atoms with van der Waals surface area (Å²) < 4.78 is 13.3. The lowest BCUT2D eigenvalue weighted by atomic mass is 10.1. The van der Waals surface area contributed by atoms with E-state index in [2.05, 4.69) is 22.1 Å². The maximum Gasteiger partial charge on any atom is 0.252 e. The standard InChI is InChI=1S/C15H13FN2O2S/c16-12-4-3-11(2-1-8-19)13(10-12)15(20)18-6-5-14-17-7-9-21-14/h3-4,7,9-10,19H,5-6,8H2,(H,18,20). The Morgan fingerprint density at radius 3 is 3.05 bits per heavy atom. The van der Waals surface area contributed by atoms with Crippen molar-refractivity contribution >= 4 is 17.2 Å². The van der Waals surface area contributed by atoms with E-state index in [9.17, 15) is 9.18 Å². The number of hydrogen-bond donors (Lipinski definition) is 2. The van der Waals surface area contributed by atoms with Crippen LogP contribution in [0.2, 0.25) is 0 Å². The van der Waals surface area contributed by atoms with Crippen LogP contribution in [-0.4, -0.2) is 29.1 Å². The second-order valence-electron chi connectivity index (χ2n) is 4.08. The molecule has 21 heavy (non-hydrogen) atoms. The minimum atomic E-state index is -0.505. The molecule has 0 fully saturated rings. The van der Waals surface area contributed by atoms with E-state index in [0.29, 0.717) is 18.5 Å². The maximum atomic E-state index is 13.3.